The van der Waals surface area contributed by atoms with Crippen molar-refractivity contribution in [3.63, 3.8) is 0 Å². The smallest absolute Gasteiger partial charge is 0.237 e. The SMILES string of the molecule is CN(C(=O)CSc1ncnc2c1cnn2-c1ccccc1)c1ccccc1. The van der Waals surface area contributed by atoms with Gasteiger partial charge >= 0.3 is 0 Å². The Morgan fingerprint density at radius 3 is 2.48 bits per heavy atom. The maximum atomic E-state index is 12.5. The molecule has 0 unspecified atom stereocenters. The van der Waals surface area contributed by atoms with Crippen LogP contribution in [0.1, 0.15) is 0 Å². The number of anilines is 1. The van der Waals surface area contributed by atoms with E-state index in [2.05, 4.69) is 15.1 Å². The lowest BCUT2D eigenvalue weighted by molar-refractivity contribution is -0.115. The van der Waals surface area contributed by atoms with Gasteiger partial charge in [0.15, 0.2) is 5.65 Å². The lowest BCUT2D eigenvalue weighted by Crippen LogP contribution is -2.27. The molecule has 0 aliphatic rings. The van der Waals surface area contributed by atoms with Crippen LogP contribution in [0.4, 0.5) is 5.69 Å². The second kappa shape index (κ2) is 7.59. The number of benzene rings is 2. The van der Waals surface area contributed by atoms with Crippen LogP contribution in [0.15, 0.2) is 78.2 Å². The molecule has 27 heavy (non-hydrogen) atoms. The Balaban J connectivity index is 1.55. The van der Waals surface area contributed by atoms with E-state index in [1.807, 2.05) is 60.7 Å². The van der Waals surface area contributed by atoms with Gasteiger partial charge in [0.25, 0.3) is 0 Å². The van der Waals surface area contributed by atoms with Crippen LogP contribution in [0.2, 0.25) is 0 Å². The summed E-state index contributed by atoms with van der Waals surface area (Å²) in [5.74, 6) is 0.294. The van der Waals surface area contributed by atoms with Gasteiger partial charge < -0.3 is 4.90 Å². The Bertz CT molecular complexity index is 1070. The van der Waals surface area contributed by atoms with E-state index in [1.54, 1.807) is 22.8 Å². The van der Waals surface area contributed by atoms with Crippen molar-refractivity contribution in [2.75, 3.05) is 17.7 Å². The Morgan fingerprint density at radius 1 is 1.04 bits per heavy atom. The van der Waals surface area contributed by atoms with Gasteiger partial charge in [-0.25, -0.2) is 14.6 Å². The summed E-state index contributed by atoms with van der Waals surface area (Å²) >= 11 is 1.39. The minimum absolute atomic E-state index is 0.00779. The van der Waals surface area contributed by atoms with Crippen molar-refractivity contribution in [2.45, 2.75) is 5.03 Å². The molecule has 2 heterocycles. The van der Waals surface area contributed by atoms with Gasteiger partial charge in [0.05, 0.1) is 23.0 Å². The molecular weight excluding hydrogens is 358 g/mol. The molecule has 0 spiro atoms. The summed E-state index contributed by atoms with van der Waals surface area (Å²) in [7, 11) is 1.78. The van der Waals surface area contributed by atoms with Crippen molar-refractivity contribution < 1.29 is 4.79 Å². The van der Waals surface area contributed by atoms with Gasteiger partial charge in [-0.05, 0) is 24.3 Å². The number of carbonyl (C=O) groups excluding carboxylic acids is 1. The average Bonchev–Trinajstić information content (AvgIpc) is 3.17. The number of fused-ring (bicyclic) bond motifs is 1. The third-order valence-corrected chi connectivity index (χ3v) is 5.17. The van der Waals surface area contributed by atoms with Crippen molar-refractivity contribution in [2.24, 2.45) is 0 Å². The molecular formula is C20H17N5OS. The first-order chi connectivity index (χ1) is 13.2. The fourth-order valence-corrected chi connectivity index (χ4v) is 3.59. The second-order valence-electron chi connectivity index (χ2n) is 5.89. The summed E-state index contributed by atoms with van der Waals surface area (Å²) in [6, 6.07) is 19.4. The molecule has 0 atom stereocenters. The summed E-state index contributed by atoms with van der Waals surface area (Å²) in [6.45, 7) is 0. The maximum absolute atomic E-state index is 12.5. The van der Waals surface area contributed by atoms with E-state index < -0.39 is 0 Å². The molecule has 0 bridgehead atoms. The second-order valence-corrected chi connectivity index (χ2v) is 6.85. The quantitative estimate of drug-likeness (QED) is 0.394. The van der Waals surface area contributed by atoms with E-state index in [-0.39, 0.29) is 11.7 Å². The zero-order valence-corrected chi connectivity index (χ0v) is 15.5. The molecule has 4 rings (SSSR count). The number of thioether (sulfide) groups is 1. The van der Waals surface area contributed by atoms with Crippen molar-refractivity contribution in [1.29, 1.82) is 0 Å². The molecule has 7 heteroatoms. The van der Waals surface area contributed by atoms with Gasteiger partial charge in [-0.2, -0.15) is 5.10 Å². The molecule has 4 aromatic rings. The molecule has 0 aliphatic carbocycles. The average molecular weight is 375 g/mol. The predicted octanol–water partition coefficient (Wildman–Crippen LogP) is 3.57. The Labute approximate surface area is 160 Å². The number of carbonyl (C=O) groups is 1. The topological polar surface area (TPSA) is 63.9 Å². The predicted molar refractivity (Wildman–Crippen MR) is 107 cm³/mol. The third kappa shape index (κ3) is 3.54. The summed E-state index contributed by atoms with van der Waals surface area (Å²) in [5, 5.41) is 6.02. The highest BCUT2D eigenvalue weighted by molar-refractivity contribution is 8.00. The zero-order chi connectivity index (χ0) is 18.6. The van der Waals surface area contributed by atoms with Crippen molar-refractivity contribution in [3.8, 4) is 5.69 Å². The lowest BCUT2D eigenvalue weighted by atomic mass is 10.3. The number of amides is 1. The zero-order valence-electron chi connectivity index (χ0n) is 14.7. The van der Waals surface area contributed by atoms with Crippen molar-refractivity contribution >= 4 is 34.4 Å². The number of aromatic nitrogens is 4. The summed E-state index contributed by atoms with van der Waals surface area (Å²) in [5.41, 5.74) is 2.53. The van der Waals surface area contributed by atoms with E-state index >= 15 is 0 Å². The largest absolute Gasteiger partial charge is 0.315 e. The van der Waals surface area contributed by atoms with E-state index in [4.69, 9.17) is 0 Å². The Kier molecular flexibility index (Phi) is 4.84. The highest BCUT2D eigenvalue weighted by Gasteiger charge is 2.15. The molecule has 0 aliphatic heterocycles. The highest BCUT2D eigenvalue weighted by atomic mass is 32.2. The van der Waals surface area contributed by atoms with Crippen LogP contribution < -0.4 is 4.90 Å². The fraction of sp³-hybridized carbons (Fsp3) is 0.100. The van der Waals surface area contributed by atoms with Crippen LogP contribution in [0, 0.1) is 0 Å². The number of rotatable bonds is 5. The third-order valence-electron chi connectivity index (χ3n) is 4.18. The van der Waals surface area contributed by atoms with Gasteiger partial charge in [-0.15, -0.1) is 0 Å². The number of hydrogen-bond acceptors (Lipinski definition) is 5. The van der Waals surface area contributed by atoms with Gasteiger partial charge in [-0.3, -0.25) is 4.79 Å². The van der Waals surface area contributed by atoms with Gasteiger partial charge in [-0.1, -0.05) is 48.2 Å². The fourth-order valence-electron chi connectivity index (χ4n) is 2.72. The van der Waals surface area contributed by atoms with Gasteiger partial charge in [0, 0.05) is 12.7 Å². The first kappa shape index (κ1) is 17.2. The Hall–Kier alpha value is -3.19. The molecule has 1 amide bonds. The highest BCUT2D eigenvalue weighted by Crippen LogP contribution is 2.26. The molecule has 134 valence electrons. The van der Waals surface area contributed by atoms with Gasteiger partial charge in [0.1, 0.15) is 11.4 Å². The molecule has 0 saturated heterocycles. The first-order valence-electron chi connectivity index (χ1n) is 8.42. The molecule has 2 aromatic heterocycles. The van der Waals surface area contributed by atoms with E-state index in [1.165, 1.54) is 18.1 Å². The number of nitrogens with zero attached hydrogens (tertiary/aromatic N) is 5. The van der Waals surface area contributed by atoms with E-state index in [0.29, 0.717) is 0 Å². The monoisotopic (exact) mass is 375 g/mol. The summed E-state index contributed by atoms with van der Waals surface area (Å²) in [6.07, 6.45) is 3.26. The molecule has 0 radical (unpaired) electrons. The minimum Gasteiger partial charge on any atom is -0.315 e. The van der Waals surface area contributed by atoms with E-state index in [9.17, 15) is 4.79 Å². The molecule has 0 N–H and O–H groups in total. The number of para-hydroxylation sites is 2. The summed E-state index contributed by atoms with van der Waals surface area (Å²) in [4.78, 5) is 22.9. The van der Waals surface area contributed by atoms with Crippen LogP contribution >= 0.6 is 11.8 Å². The molecule has 6 nitrogen and oxygen atoms in total. The number of hydrogen-bond donors (Lipinski definition) is 0. The van der Waals surface area contributed by atoms with Crippen LogP contribution in [0.5, 0.6) is 0 Å². The van der Waals surface area contributed by atoms with Crippen LogP contribution in [0.3, 0.4) is 0 Å². The lowest BCUT2D eigenvalue weighted by Gasteiger charge is -2.16. The maximum Gasteiger partial charge on any atom is 0.237 e. The Morgan fingerprint density at radius 2 is 1.74 bits per heavy atom. The molecule has 0 saturated carbocycles. The van der Waals surface area contributed by atoms with Crippen LogP contribution in [0.25, 0.3) is 16.7 Å². The molecule has 0 fully saturated rings. The van der Waals surface area contributed by atoms with E-state index in [0.717, 1.165) is 27.4 Å². The summed E-state index contributed by atoms with van der Waals surface area (Å²) < 4.78 is 1.78. The normalized spacial score (nSPS) is 10.9. The first-order valence-corrected chi connectivity index (χ1v) is 9.41. The minimum atomic E-state index is 0.00779. The van der Waals surface area contributed by atoms with Crippen molar-refractivity contribution in [3.05, 3.63) is 73.2 Å². The molecule has 2 aromatic carbocycles. The van der Waals surface area contributed by atoms with Crippen LogP contribution in [-0.4, -0.2) is 38.5 Å². The standard InChI is InChI=1S/C20H17N5OS/c1-24(15-8-4-2-5-9-15)18(26)13-27-20-17-12-23-25(19(17)21-14-22-20)16-10-6-3-7-11-16/h2-12,14H,13H2,1H3. The van der Waals surface area contributed by atoms with Crippen molar-refractivity contribution in [1.82, 2.24) is 19.7 Å². The van der Waals surface area contributed by atoms with Crippen LogP contribution in [-0.2, 0) is 4.79 Å². The van der Waals surface area contributed by atoms with Gasteiger partial charge in [0.2, 0.25) is 5.91 Å².